The number of carbonyl (C=O) groups is 1. The summed E-state index contributed by atoms with van der Waals surface area (Å²) in [5, 5.41) is 12.2. The Hall–Kier alpha value is -3.36. The molecule has 0 aliphatic carbocycles. The van der Waals surface area contributed by atoms with Gasteiger partial charge in [0.25, 0.3) is 5.91 Å². The summed E-state index contributed by atoms with van der Waals surface area (Å²) in [5.41, 5.74) is -1.12. The summed E-state index contributed by atoms with van der Waals surface area (Å²) in [6.45, 7) is 0.130. The third-order valence-corrected chi connectivity index (χ3v) is 4.28. The molecule has 0 unspecified atom stereocenters. The number of nitrogens with zero attached hydrogens (tertiary/aromatic N) is 2. The van der Waals surface area contributed by atoms with Gasteiger partial charge >= 0.3 is 0 Å². The summed E-state index contributed by atoms with van der Waals surface area (Å²) in [5.74, 6) is -5.25. The van der Waals surface area contributed by atoms with E-state index in [0.29, 0.717) is 6.07 Å². The van der Waals surface area contributed by atoms with Crippen molar-refractivity contribution in [3.05, 3.63) is 65.2 Å². The summed E-state index contributed by atoms with van der Waals surface area (Å²) < 4.78 is 56.5. The van der Waals surface area contributed by atoms with Gasteiger partial charge in [0.15, 0.2) is 5.82 Å². The molecule has 0 fully saturated rings. The van der Waals surface area contributed by atoms with Crippen molar-refractivity contribution in [2.24, 2.45) is 0 Å². The molecular formula is C18H11F4N3O2. The smallest absolute Gasteiger partial charge is 0.263 e. The van der Waals surface area contributed by atoms with Crippen LogP contribution in [0.15, 0.2) is 36.1 Å². The fraction of sp³-hybridized carbons (Fsp3) is 0.111. The molecule has 138 valence electrons. The summed E-state index contributed by atoms with van der Waals surface area (Å²) in [7, 11) is 0. The number of halogens is 4. The number of carbonyl (C=O) groups excluding carboxylic acids is 1. The van der Waals surface area contributed by atoms with Crippen molar-refractivity contribution in [1.82, 2.24) is 9.55 Å². The van der Waals surface area contributed by atoms with Crippen molar-refractivity contribution < 1.29 is 27.5 Å². The summed E-state index contributed by atoms with van der Waals surface area (Å²) >= 11 is 0. The molecule has 2 heterocycles. The van der Waals surface area contributed by atoms with E-state index in [1.54, 1.807) is 0 Å². The lowest BCUT2D eigenvalue weighted by Crippen LogP contribution is -2.23. The first-order valence-corrected chi connectivity index (χ1v) is 7.90. The molecular weight excluding hydrogens is 366 g/mol. The van der Waals surface area contributed by atoms with E-state index < -0.39 is 34.9 Å². The number of para-hydroxylation sites is 1. The van der Waals surface area contributed by atoms with Gasteiger partial charge in [-0.15, -0.1) is 0 Å². The molecule has 0 saturated heterocycles. The highest BCUT2D eigenvalue weighted by molar-refractivity contribution is 6.25. The second-order valence-electron chi connectivity index (χ2n) is 5.96. The van der Waals surface area contributed by atoms with Gasteiger partial charge in [0, 0.05) is 19.0 Å². The number of amides is 1. The molecule has 2 N–H and O–H groups in total. The second-order valence-corrected chi connectivity index (χ2v) is 5.96. The van der Waals surface area contributed by atoms with Crippen LogP contribution in [-0.4, -0.2) is 20.6 Å². The van der Waals surface area contributed by atoms with Gasteiger partial charge < -0.3 is 15.0 Å². The zero-order chi connectivity index (χ0) is 19.3. The fourth-order valence-corrected chi connectivity index (χ4v) is 3.06. The molecule has 0 spiro atoms. The highest BCUT2D eigenvalue weighted by Crippen LogP contribution is 2.32. The van der Waals surface area contributed by atoms with Crippen LogP contribution in [0.4, 0.5) is 23.2 Å². The number of rotatable bonds is 2. The molecule has 4 rings (SSSR count). The largest absolute Gasteiger partial charge is 0.511 e. The average molecular weight is 377 g/mol. The predicted molar refractivity (Wildman–Crippen MR) is 88.8 cm³/mol. The summed E-state index contributed by atoms with van der Waals surface area (Å²) in [6, 6.07) is 4.76. The van der Waals surface area contributed by atoms with Gasteiger partial charge in [-0.05, 0) is 18.2 Å². The molecule has 3 aromatic rings. The van der Waals surface area contributed by atoms with Crippen molar-refractivity contribution in [2.45, 2.75) is 13.0 Å². The molecule has 1 aliphatic rings. The highest BCUT2D eigenvalue weighted by Gasteiger charge is 2.30. The number of hydrogen-bond acceptors (Lipinski definition) is 3. The van der Waals surface area contributed by atoms with Crippen LogP contribution in [0.3, 0.4) is 0 Å². The molecule has 1 aromatic heterocycles. The van der Waals surface area contributed by atoms with Gasteiger partial charge in [0.2, 0.25) is 0 Å². The van der Waals surface area contributed by atoms with Crippen LogP contribution in [0, 0.1) is 23.3 Å². The zero-order valence-corrected chi connectivity index (χ0v) is 13.6. The number of aliphatic hydroxyl groups is 1. The standard InChI is InChI=1S/C18H11F4N3O2/c19-8-6-11(22)16-12(7-8)25-5-4-13(26)14(17(25)23-16)18(27)24-15-9(20)2-1-3-10(15)21/h1-3,6-7,26H,4-5H2,(H,24,27). The molecule has 27 heavy (non-hydrogen) atoms. The van der Waals surface area contributed by atoms with Crippen LogP contribution in [0.5, 0.6) is 0 Å². The van der Waals surface area contributed by atoms with Gasteiger partial charge in [0.05, 0.1) is 5.52 Å². The number of aryl methyl sites for hydroxylation is 1. The SMILES string of the molecule is O=C(Nc1c(F)cccc1F)C1=C(O)CCn2c1nc1c(F)cc(F)cc12. The van der Waals surface area contributed by atoms with E-state index in [0.717, 1.165) is 24.3 Å². The van der Waals surface area contributed by atoms with E-state index in [1.807, 2.05) is 0 Å². The molecule has 0 radical (unpaired) electrons. The topological polar surface area (TPSA) is 67.2 Å². The van der Waals surface area contributed by atoms with Crippen LogP contribution in [0.25, 0.3) is 16.6 Å². The zero-order valence-electron chi connectivity index (χ0n) is 13.6. The minimum atomic E-state index is -1.02. The van der Waals surface area contributed by atoms with Crippen molar-refractivity contribution >= 4 is 28.2 Å². The van der Waals surface area contributed by atoms with Crippen LogP contribution >= 0.6 is 0 Å². The molecule has 0 saturated carbocycles. The van der Waals surface area contributed by atoms with Crippen molar-refractivity contribution in [3.63, 3.8) is 0 Å². The maximum atomic E-state index is 14.0. The van der Waals surface area contributed by atoms with E-state index in [4.69, 9.17) is 0 Å². The number of benzene rings is 2. The number of hydrogen-bond donors (Lipinski definition) is 2. The molecule has 0 atom stereocenters. The minimum Gasteiger partial charge on any atom is -0.511 e. The number of allylic oxidation sites excluding steroid dienone is 1. The van der Waals surface area contributed by atoms with Gasteiger partial charge in [-0.1, -0.05) is 6.07 Å². The Balaban J connectivity index is 1.82. The number of nitrogens with one attached hydrogen (secondary N) is 1. The third-order valence-electron chi connectivity index (χ3n) is 4.28. The first-order chi connectivity index (χ1) is 12.9. The van der Waals surface area contributed by atoms with Crippen LogP contribution in [0.1, 0.15) is 12.2 Å². The van der Waals surface area contributed by atoms with Gasteiger partial charge in [0.1, 0.15) is 45.8 Å². The maximum Gasteiger partial charge on any atom is 0.263 e. The highest BCUT2D eigenvalue weighted by atomic mass is 19.1. The van der Waals surface area contributed by atoms with Crippen molar-refractivity contribution in [3.8, 4) is 0 Å². The summed E-state index contributed by atoms with van der Waals surface area (Å²) in [4.78, 5) is 16.6. The Morgan fingerprint density at radius 2 is 1.81 bits per heavy atom. The van der Waals surface area contributed by atoms with Crippen molar-refractivity contribution in [2.75, 3.05) is 5.32 Å². The van der Waals surface area contributed by atoms with Crippen LogP contribution in [0.2, 0.25) is 0 Å². The number of imidazole rings is 1. The third kappa shape index (κ3) is 2.71. The Kier molecular flexibility index (Phi) is 3.87. The minimum absolute atomic E-state index is 0.0148. The lowest BCUT2D eigenvalue weighted by atomic mass is 10.1. The molecule has 1 amide bonds. The van der Waals surface area contributed by atoms with Gasteiger partial charge in [-0.2, -0.15) is 0 Å². The summed E-state index contributed by atoms with van der Waals surface area (Å²) in [6.07, 6.45) is -0.0148. The maximum absolute atomic E-state index is 14.0. The van der Waals surface area contributed by atoms with Crippen LogP contribution in [-0.2, 0) is 11.3 Å². The average Bonchev–Trinajstić information content (AvgIpc) is 2.96. The number of aromatic nitrogens is 2. The van der Waals surface area contributed by atoms with Crippen LogP contribution < -0.4 is 5.32 Å². The quantitative estimate of drug-likeness (QED) is 0.666. The lowest BCUT2D eigenvalue weighted by molar-refractivity contribution is -0.111. The Morgan fingerprint density at radius 3 is 2.52 bits per heavy atom. The second kappa shape index (κ2) is 6.11. The predicted octanol–water partition coefficient (Wildman–Crippen LogP) is 3.90. The molecule has 1 aliphatic heterocycles. The van der Waals surface area contributed by atoms with E-state index in [9.17, 15) is 27.5 Å². The van der Waals surface area contributed by atoms with Crippen molar-refractivity contribution in [1.29, 1.82) is 0 Å². The fourth-order valence-electron chi connectivity index (χ4n) is 3.06. The molecule has 9 heteroatoms. The Labute approximate surface area is 149 Å². The molecule has 0 bridgehead atoms. The normalized spacial score (nSPS) is 13.8. The first kappa shape index (κ1) is 17.1. The molecule has 2 aromatic carbocycles. The van der Waals surface area contributed by atoms with E-state index >= 15 is 0 Å². The Bertz CT molecular complexity index is 1120. The monoisotopic (exact) mass is 377 g/mol. The number of fused-ring (bicyclic) bond motifs is 3. The van der Waals surface area contributed by atoms with E-state index in [2.05, 4.69) is 10.3 Å². The van der Waals surface area contributed by atoms with E-state index in [1.165, 1.54) is 4.57 Å². The van der Waals surface area contributed by atoms with Gasteiger partial charge in [-0.3, -0.25) is 4.79 Å². The Morgan fingerprint density at radius 1 is 1.11 bits per heavy atom. The lowest BCUT2D eigenvalue weighted by Gasteiger charge is -2.19. The van der Waals surface area contributed by atoms with E-state index in [-0.39, 0.29) is 41.2 Å². The number of anilines is 1. The first-order valence-electron chi connectivity index (χ1n) is 7.90. The number of aliphatic hydroxyl groups excluding tert-OH is 1. The molecule has 5 nitrogen and oxygen atoms in total. The van der Waals surface area contributed by atoms with Gasteiger partial charge in [-0.25, -0.2) is 22.5 Å².